The Bertz CT molecular complexity index is 308. The minimum atomic E-state index is 0.409. The van der Waals surface area contributed by atoms with Crippen LogP contribution in [0.5, 0.6) is 0 Å². The van der Waals surface area contributed by atoms with Gasteiger partial charge < -0.3 is 5.32 Å². The molecule has 1 aliphatic heterocycles. The molecule has 0 spiro atoms. The van der Waals surface area contributed by atoms with Crippen LogP contribution in [0.2, 0.25) is 0 Å². The number of fused-ring (bicyclic) bond motifs is 1. The lowest BCUT2D eigenvalue weighted by Gasteiger charge is -2.39. The molecule has 1 aromatic rings. The van der Waals surface area contributed by atoms with Crippen LogP contribution in [0.1, 0.15) is 50.4 Å². The minimum Gasteiger partial charge on any atom is -0.304 e. The largest absolute Gasteiger partial charge is 0.304 e. The van der Waals surface area contributed by atoms with Crippen LogP contribution in [0.25, 0.3) is 0 Å². The Hall–Kier alpha value is -0.900. The first-order valence-electron chi connectivity index (χ1n) is 6.05. The Morgan fingerprint density at radius 2 is 2.07 bits per heavy atom. The van der Waals surface area contributed by atoms with Crippen molar-refractivity contribution in [1.29, 1.82) is 0 Å². The van der Waals surface area contributed by atoms with Gasteiger partial charge in [0.1, 0.15) is 12.2 Å². The standard InChI is InChI=1S/C11H18N4/c1-2-4-9-8(3-1)5-6-10(14-9)11-12-7-13-15-11/h7-10,14H,1-6H2,(H,12,13,15). The van der Waals surface area contributed by atoms with Crippen LogP contribution in [0, 0.1) is 5.92 Å². The molecule has 2 fully saturated rings. The van der Waals surface area contributed by atoms with Crippen molar-refractivity contribution in [2.45, 2.75) is 50.6 Å². The van der Waals surface area contributed by atoms with Crippen LogP contribution in [-0.4, -0.2) is 21.2 Å². The fraction of sp³-hybridized carbons (Fsp3) is 0.818. The summed E-state index contributed by atoms with van der Waals surface area (Å²) in [5.74, 6) is 1.93. The Kier molecular flexibility index (Phi) is 2.44. The van der Waals surface area contributed by atoms with Gasteiger partial charge >= 0.3 is 0 Å². The van der Waals surface area contributed by atoms with Gasteiger partial charge in [0.15, 0.2) is 0 Å². The van der Waals surface area contributed by atoms with Crippen LogP contribution >= 0.6 is 0 Å². The highest BCUT2D eigenvalue weighted by atomic mass is 15.2. The van der Waals surface area contributed by atoms with Crippen LogP contribution in [0.4, 0.5) is 0 Å². The Balaban J connectivity index is 1.70. The number of piperidine rings is 1. The first-order chi connectivity index (χ1) is 7.43. The maximum Gasteiger partial charge on any atom is 0.141 e. The summed E-state index contributed by atoms with van der Waals surface area (Å²) in [6.45, 7) is 0. The molecule has 82 valence electrons. The fourth-order valence-corrected chi connectivity index (χ4v) is 3.09. The fourth-order valence-electron chi connectivity index (χ4n) is 3.09. The lowest BCUT2D eigenvalue weighted by Crippen LogP contribution is -2.45. The predicted octanol–water partition coefficient (Wildman–Crippen LogP) is 1.79. The van der Waals surface area contributed by atoms with Crippen molar-refractivity contribution in [3.8, 4) is 0 Å². The number of H-pyrrole nitrogens is 1. The molecule has 1 aliphatic carbocycles. The topological polar surface area (TPSA) is 53.6 Å². The molecule has 2 heterocycles. The number of aromatic amines is 1. The average molecular weight is 206 g/mol. The van der Waals surface area contributed by atoms with Crippen LogP contribution in [0.15, 0.2) is 6.33 Å². The van der Waals surface area contributed by atoms with Gasteiger partial charge in [-0.15, -0.1) is 0 Å². The lowest BCUT2D eigenvalue weighted by molar-refractivity contribution is 0.173. The van der Waals surface area contributed by atoms with E-state index in [1.807, 2.05) is 0 Å². The first-order valence-corrected chi connectivity index (χ1v) is 6.05. The summed E-state index contributed by atoms with van der Waals surface area (Å²) < 4.78 is 0. The third-order valence-corrected chi connectivity index (χ3v) is 3.91. The molecular formula is C11H18N4. The molecule has 2 aliphatic rings. The summed E-state index contributed by atoms with van der Waals surface area (Å²) >= 11 is 0. The molecule has 1 saturated heterocycles. The molecule has 0 radical (unpaired) electrons. The maximum absolute atomic E-state index is 4.25. The second-order valence-electron chi connectivity index (χ2n) is 4.82. The van der Waals surface area contributed by atoms with E-state index in [-0.39, 0.29) is 0 Å². The Morgan fingerprint density at radius 3 is 2.93 bits per heavy atom. The van der Waals surface area contributed by atoms with Crippen molar-refractivity contribution in [3.05, 3.63) is 12.2 Å². The quantitative estimate of drug-likeness (QED) is 0.736. The Labute approximate surface area is 89.9 Å². The Morgan fingerprint density at radius 1 is 1.13 bits per heavy atom. The average Bonchev–Trinajstić information content (AvgIpc) is 2.82. The molecule has 1 saturated carbocycles. The summed E-state index contributed by atoms with van der Waals surface area (Å²) in [7, 11) is 0. The van der Waals surface area contributed by atoms with Gasteiger partial charge in [-0.25, -0.2) is 4.98 Å². The normalized spacial score (nSPS) is 36.1. The van der Waals surface area contributed by atoms with E-state index in [0.717, 1.165) is 17.8 Å². The van der Waals surface area contributed by atoms with E-state index < -0.39 is 0 Å². The van der Waals surface area contributed by atoms with Crippen molar-refractivity contribution in [2.75, 3.05) is 0 Å². The summed E-state index contributed by atoms with van der Waals surface area (Å²) in [4.78, 5) is 4.25. The van der Waals surface area contributed by atoms with E-state index in [2.05, 4.69) is 20.5 Å². The van der Waals surface area contributed by atoms with Crippen molar-refractivity contribution < 1.29 is 0 Å². The van der Waals surface area contributed by atoms with Gasteiger partial charge in [0.05, 0.1) is 6.04 Å². The van der Waals surface area contributed by atoms with Gasteiger partial charge in [0.2, 0.25) is 0 Å². The van der Waals surface area contributed by atoms with Gasteiger partial charge in [-0.05, 0) is 31.6 Å². The molecule has 1 aromatic heterocycles. The summed E-state index contributed by atoms with van der Waals surface area (Å²) in [5.41, 5.74) is 0. The highest BCUT2D eigenvalue weighted by Gasteiger charge is 2.32. The van der Waals surface area contributed by atoms with Gasteiger partial charge in [-0.2, -0.15) is 5.10 Å². The van der Waals surface area contributed by atoms with Gasteiger partial charge in [-0.3, -0.25) is 5.10 Å². The molecule has 3 atom stereocenters. The van der Waals surface area contributed by atoms with E-state index in [0.29, 0.717) is 6.04 Å². The van der Waals surface area contributed by atoms with Gasteiger partial charge in [-0.1, -0.05) is 12.8 Å². The maximum atomic E-state index is 4.25. The number of nitrogens with one attached hydrogen (secondary N) is 2. The van der Waals surface area contributed by atoms with Gasteiger partial charge in [0.25, 0.3) is 0 Å². The summed E-state index contributed by atoms with van der Waals surface area (Å²) in [6.07, 6.45) is 9.73. The van der Waals surface area contributed by atoms with Crippen molar-refractivity contribution >= 4 is 0 Å². The lowest BCUT2D eigenvalue weighted by atomic mass is 9.77. The monoisotopic (exact) mass is 206 g/mol. The molecule has 4 heteroatoms. The number of aromatic nitrogens is 3. The van der Waals surface area contributed by atoms with Crippen LogP contribution < -0.4 is 5.32 Å². The van der Waals surface area contributed by atoms with Gasteiger partial charge in [0, 0.05) is 6.04 Å². The number of hydrogen-bond donors (Lipinski definition) is 2. The molecule has 0 amide bonds. The van der Waals surface area contributed by atoms with Crippen LogP contribution in [0.3, 0.4) is 0 Å². The van der Waals surface area contributed by atoms with Crippen molar-refractivity contribution in [3.63, 3.8) is 0 Å². The van der Waals surface area contributed by atoms with E-state index in [1.54, 1.807) is 6.33 Å². The van der Waals surface area contributed by atoms with Crippen LogP contribution in [-0.2, 0) is 0 Å². The highest BCUT2D eigenvalue weighted by molar-refractivity contribution is 4.98. The van der Waals surface area contributed by atoms with E-state index in [9.17, 15) is 0 Å². The third-order valence-electron chi connectivity index (χ3n) is 3.91. The molecule has 2 N–H and O–H groups in total. The van der Waals surface area contributed by atoms with E-state index in [4.69, 9.17) is 0 Å². The van der Waals surface area contributed by atoms with E-state index in [1.165, 1.54) is 38.5 Å². The zero-order valence-corrected chi connectivity index (χ0v) is 8.95. The SMILES string of the molecule is c1n[nH]c(C2CCC3CCCCC3N2)n1. The molecule has 3 unspecified atom stereocenters. The van der Waals surface area contributed by atoms with Crippen molar-refractivity contribution in [2.24, 2.45) is 5.92 Å². The molecule has 3 rings (SSSR count). The summed E-state index contributed by atoms with van der Waals surface area (Å²) in [5, 5.41) is 10.6. The third kappa shape index (κ3) is 1.78. The smallest absolute Gasteiger partial charge is 0.141 e. The minimum absolute atomic E-state index is 0.409. The molecular weight excluding hydrogens is 188 g/mol. The second kappa shape index (κ2) is 3.93. The summed E-state index contributed by atoms with van der Waals surface area (Å²) in [6, 6.07) is 1.13. The predicted molar refractivity (Wildman–Crippen MR) is 57.2 cm³/mol. The molecule has 0 bridgehead atoms. The van der Waals surface area contributed by atoms with E-state index >= 15 is 0 Å². The zero-order chi connectivity index (χ0) is 10.1. The molecule has 0 aromatic carbocycles. The number of hydrogen-bond acceptors (Lipinski definition) is 3. The number of rotatable bonds is 1. The molecule has 4 nitrogen and oxygen atoms in total. The zero-order valence-electron chi connectivity index (χ0n) is 8.95. The molecule has 15 heavy (non-hydrogen) atoms. The number of nitrogens with zero attached hydrogens (tertiary/aromatic N) is 2. The first kappa shape index (κ1) is 9.33. The second-order valence-corrected chi connectivity index (χ2v) is 4.82. The van der Waals surface area contributed by atoms with Crippen molar-refractivity contribution in [1.82, 2.24) is 20.5 Å². The highest BCUT2D eigenvalue weighted by Crippen LogP contribution is 2.35.